The minimum atomic E-state index is -0.262. The van der Waals surface area contributed by atoms with E-state index in [9.17, 15) is 4.39 Å². The van der Waals surface area contributed by atoms with Crippen LogP contribution in [0, 0.1) is 5.82 Å². The lowest BCUT2D eigenvalue weighted by Gasteiger charge is -2.10. The standard InChI is InChI=1S/C15H24FNO/c1-2-3-4-5-6-7-10-18-15-9-8-14(16)11-13(15)12-17/h8-9,11H,2-7,10,12,17H2,1H3. The number of nitrogens with two attached hydrogens (primary N) is 1. The van der Waals surface area contributed by atoms with Crippen molar-refractivity contribution in [1.82, 2.24) is 0 Å². The maximum Gasteiger partial charge on any atom is 0.123 e. The number of ether oxygens (including phenoxy) is 1. The van der Waals surface area contributed by atoms with Gasteiger partial charge < -0.3 is 10.5 Å². The molecular weight excluding hydrogens is 229 g/mol. The van der Waals surface area contributed by atoms with Crippen LogP contribution >= 0.6 is 0 Å². The molecule has 1 aromatic rings. The van der Waals surface area contributed by atoms with Gasteiger partial charge in [-0.2, -0.15) is 0 Å². The molecule has 2 nitrogen and oxygen atoms in total. The zero-order chi connectivity index (χ0) is 13.2. The lowest BCUT2D eigenvalue weighted by molar-refractivity contribution is 0.301. The Morgan fingerprint density at radius 3 is 2.56 bits per heavy atom. The van der Waals surface area contributed by atoms with Gasteiger partial charge >= 0.3 is 0 Å². The van der Waals surface area contributed by atoms with Gasteiger partial charge in [-0.25, -0.2) is 4.39 Å². The summed E-state index contributed by atoms with van der Waals surface area (Å²) in [6.07, 6.45) is 7.40. The van der Waals surface area contributed by atoms with Crippen molar-refractivity contribution < 1.29 is 9.13 Å². The van der Waals surface area contributed by atoms with Gasteiger partial charge in [0.15, 0.2) is 0 Å². The molecule has 0 radical (unpaired) electrons. The monoisotopic (exact) mass is 253 g/mol. The van der Waals surface area contributed by atoms with E-state index in [1.807, 2.05) is 0 Å². The molecule has 0 fully saturated rings. The molecule has 0 aromatic heterocycles. The van der Waals surface area contributed by atoms with Gasteiger partial charge in [-0.1, -0.05) is 39.0 Å². The summed E-state index contributed by atoms with van der Waals surface area (Å²) in [6, 6.07) is 4.51. The molecule has 0 spiro atoms. The SMILES string of the molecule is CCCCCCCCOc1ccc(F)cc1CN. The first-order valence-electron chi connectivity index (χ1n) is 6.89. The normalized spacial score (nSPS) is 10.6. The third-order valence-corrected chi connectivity index (χ3v) is 3.00. The summed E-state index contributed by atoms with van der Waals surface area (Å²) in [6.45, 7) is 3.21. The van der Waals surface area contributed by atoms with Crippen LogP contribution in [0.5, 0.6) is 5.75 Å². The molecule has 0 aliphatic carbocycles. The van der Waals surface area contributed by atoms with Crippen LogP contribution in [-0.4, -0.2) is 6.61 Å². The number of unbranched alkanes of at least 4 members (excludes halogenated alkanes) is 5. The molecule has 102 valence electrons. The summed E-state index contributed by atoms with van der Waals surface area (Å²) in [5.74, 6) is 0.454. The molecular formula is C15H24FNO. The highest BCUT2D eigenvalue weighted by Crippen LogP contribution is 2.19. The van der Waals surface area contributed by atoms with Crippen molar-refractivity contribution in [1.29, 1.82) is 0 Å². The van der Waals surface area contributed by atoms with Gasteiger partial charge in [0.25, 0.3) is 0 Å². The van der Waals surface area contributed by atoms with Crippen LogP contribution in [0.3, 0.4) is 0 Å². The van der Waals surface area contributed by atoms with Gasteiger partial charge in [0.05, 0.1) is 6.61 Å². The molecule has 0 amide bonds. The van der Waals surface area contributed by atoms with E-state index in [4.69, 9.17) is 10.5 Å². The Hall–Kier alpha value is -1.09. The number of rotatable bonds is 9. The van der Waals surface area contributed by atoms with E-state index in [2.05, 4.69) is 6.92 Å². The van der Waals surface area contributed by atoms with E-state index in [1.54, 1.807) is 6.07 Å². The van der Waals surface area contributed by atoms with E-state index in [-0.39, 0.29) is 5.82 Å². The van der Waals surface area contributed by atoms with Crippen molar-refractivity contribution in [2.75, 3.05) is 6.61 Å². The van der Waals surface area contributed by atoms with Gasteiger partial charge in [0, 0.05) is 12.1 Å². The summed E-state index contributed by atoms with van der Waals surface area (Å²) >= 11 is 0. The lowest BCUT2D eigenvalue weighted by Crippen LogP contribution is -2.04. The third-order valence-electron chi connectivity index (χ3n) is 3.00. The van der Waals surface area contributed by atoms with Gasteiger partial charge in [-0.15, -0.1) is 0 Å². The van der Waals surface area contributed by atoms with Gasteiger partial charge in [-0.05, 0) is 24.6 Å². The molecule has 0 aliphatic heterocycles. The number of hydrogen-bond donors (Lipinski definition) is 1. The Labute approximate surface area is 109 Å². The largest absolute Gasteiger partial charge is 0.493 e. The Morgan fingerprint density at radius 1 is 1.11 bits per heavy atom. The van der Waals surface area contributed by atoms with E-state index in [1.165, 1.54) is 44.2 Å². The quantitative estimate of drug-likeness (QED) is 0.674. The zero-order valence-corrected chi connectivity index (χ0v) is 11.3. The van der Waals surface area contributed by atoms with Crippen LogP contribution in [-0.2, 0) is 6.54 Å². The fourth-order valence-corrected chi connectivity index (χ4v) is 1.91. The fourth-order valence-electron chi connectivity index (χ4n) is 1.91. The van der Waals surface area contributed by atoms with Crippen LogP contribution in [0.4, 0.5) is 4.39 Å². The fraction of sp³-hybridized carbons (Fsp3) is 0.600. The van der Waals surface area contributed by atoms with Gasteiger partial charge in [0.1, 0.15) is 11.6 Å². The minimum Gasteiger partial charge on any atom is -0.493 e. The molecule has 1 rings (SSSR count). The van der Waals surface area contributed by atoms with E-state index in [0.29, 0.717) is 18.9 Å². The molecule has 0 saturated carbocycles. The van der Waals surface area contributed by atoms with E-state index in [0.717, 1.165) is 12.0 Å². The lowest BCUT2D eigenvalue weighted by atomic mass is 10.1. The molecule has 0 saturated heterocycles. The van der Waals surface area contributed by atoms with Crippen LogP contribution in [0.2, 0.25) is 0 Å². The van der Waals surface area contributed by atoms with E-state index < -0.39 is 0 Å². The first-order valence-corrected chi connectivity index (χ1v) is 6.89. The average Bonchev–Trinajstić information content (AvgIpc) is 2.39. The van der Waals surface area contributed by atoms with Crippen molar-refractivity contribution >= 4 is 0 Å². The maximum atomic E-state index is 13.0. The highest BCUT2D eigenvalue weighted by molar-refractivity contribution is 5.33. The summed E-state index contributed by atoms with van der Waals surface area (Å²) in [5.41, 5.74) is 6.30. The zero-order valence-electron chi connectivity index (χ0n) is 11.3. The summed E-state index contributed by atoms with van der Waals surface area (Å²) in [4.78, 5) is 0. The average molecular weight is 253 g/mol. The maximum absolute atomic E-state index is 13.0. The third kappa shape index (κ3) is 5.50. The van der Waals surface area contributed by atoms with Crippen LogP contribution in [0.25, 0.3) is 0 Å². The summed E-state index contributed by atoms with van der Waals surface area (Å²) < 4.78 is 18.6. The number of hydrogen-bond acceptors (Lipinski definition) is 2. The molecule has 3 heteroatoms. The minimum absolute atomic E-state index is 0.262. The second-order valence-electron chi connectivity index (χ2n) is 4.57. The Bertz CT molecular complexity index is 341. The highest BCUT2D eigenvalue weighted by atomic mass is 19.1. The van der Waals surface area contributed by atoms with Crippen molar-refractivity contribution in [2.45, 2.75) is 52.0 Å². The van der Waals surface area contributed by atoms with Crippen molar-refractivity contribution in [3.05, 3.63) is 29.6 Å². The second kappa shape index (κ2) is 8.92. The summed E-state index contributed by atoms with van der Waals surface area (Å²) in [7, 11) is 0. The van der Waals surface area contributed by atoms with Crippen molar-refractivity contribution in [2.24, 2.45) is 5.73 Å². The molecule has 0 atom stereocenters. The molecule has 0 aliphatic rings. The molecule has 2 N–H and O–H groups in total. The molecule has 0 bridgehead atoms. The van der Waals surface area contributed by atoms with Gasteiger partial charge in [0.2, 0.25) is 0 Å². The molecule has 0 unspecified atom stereocenters. The predicted octanol–water partition coefficient (Wildman–Crippen LogP) is 4.02. The number of halogens is 1. The molecule has 1 aromatic carbocycles. The predicted molar refractivity (Wildman–Crippen MR) is 73.2 cm³/mol. The topological polar surface area (TPSA) is 35.2 Å². The highest BCUT2D eigenvalue weighted by Gasteiger charge is 2.03. The molecule has 18 heavy (non-hydrogen) atoms. The Balaban J connectivity index is 2.22. The molecule has 0 heterocycles. The van der Waals surface area contributed by atoms with Crippen molar-refractivity contribution in [3.63, 3.8) is 0 Å². The number of benzene rings is 1. The Morgan fingerprint density at radius 2 is 1.83 bits per heavy atom. The Kier molecular flexibility index (Phi) is 7.42. The van der Waals surface area contributed by atoms with Gasteiger partial charge in [-0.3, -0.25) is 0 Å². The summed E-state index contributed by atoms with van der Waals surface area (Å²) in [5, 5.41) is 0. The first kappa shape index (κ1) is 15.0. The van der Waals surface area contributed by atoms with Crippen LogP contribution in [0.15, 0.2) is 18.2 Å². The van der Waals surface area contributed by atoms with Crippen LogP contribution < -0.4 is 10.5 Å². The van der Waals surface area contributed by atoms with Crippen LogP contribution in [0.1, 0.15) is 51.0 Å². The van der Waals surface area contributed by atoms with Crippen molar-refractivity contribution in [3.8, 4) is 5.75 Å². The van der Waals surface area contributed by atoms with E-state index >= 15 is 0 Å². The first-order chi connectivity index (χ1) is 8.77. The second-order valence-corrected chi connectivity index (χ2v) is 4.57. The smallest absolute Gasteiger partial charge is 0.123 e.